The Kier molecular flexibility index (Phi) is 5.02. The van der Waals surface area contributed by atoms with Crippen molar-refractivity contribution in [1.29, 1.82) is 0 Å². The van der Waals surface area contributed by atoms with Gasteiger partial charge in [0.1, 0.15) is 0 Å². The molecule has 1 fully saturated rings. The molecule has 0 bridgehead atoms. The highest BCUT2D eigenvalue weighted by atomic mass is 16.1. The molecule has 1 saturated carbocycles. The molecule has 0 aliphatic heterocycles. The van der Waals surface area contributed by atoms with E-state index in [0.29, 0.717) is 6.42 Å². The van der Waals surface area contributed by atoms with E-state index >= 15 is 0 Å². The summed E-state index contributed by atoms with van der Waals surface area (Å²) in [5, 5.41) is 0. The lowest BCUT2D eigenvalue weighted by Gasteiger charge is -2.30. The minimum absolute atomic E-state index is 0.0150. The summed E-state index contributed by atoms with van der Waals surface area (Å²) >= 11 is 0. The fraction of sp³-hybridized carbons (Fsp3) is 0.333. The molecule has 2 aromatic carbocycles. The second-order valence-corrected chi connectivity index (χ2v) is 6.37. The molecule has 118 valence electrons. The molecule has 0 spiro atoms. The summed E-state index contributed by atoms with van der Waals surface area (Å²) in [5.74, 6) is 0.516. The number of rotatable bonds is 5. The van der Waals surface area contributed by atoms with E-state index < -0.39 is 0 Å². The van der Waals surface area contributed by atoms with Gasteiger partial charge in [0, 0.05) is 23.5 Å². The van der Waals surface area contributed by atoms with E-state index in [9.17, 15) is 9.59 Å². The van der Waals surface area contributed by atoms with E-state index in [2.05, 4.69) is 0 Å². The van der Waals surface area contributed by atoms with E-state index in [1.807, 2.05) is 60.7 Å². The third-order valence-corrected chi connectivity index (χ3v) is 4.85. The molecular formula is C21H22O2. The Morgan fingerprint density at radius 3 is 2.00 bits per heavy atom. The maximum absolute atomic E-state index is 12.8. The summed E-state index contributed by atoms with van der Waals surface area (Å²) in [7, 11) is 0. The summed E-state index contributed by atoms with van der Waals surface area (Å²) < 4.78 is 0. The Hall–Kier alpha value is -2.22. The van der Waals surface area contributed by atoms with Crippen LogP contribution in [0.25, 0.3) is 0 Å². The fourth-order valence-electron chi connectivity index (χ4n) is 3.59. The molecule has 1 aliphatic carbocycles. The Bertz CT molecular complexity index is 661. The Morgan fingerprint density at radius 1 is 0.783 bits per heavy atom. The highest BCUT2D eigenvalue weighted by Crippen LogP contribution is 2.35. The lowest BCUT2D eigenvalue weighted by molar-refractivity contribution is 0.0784. The van der Waals surface area contributed by atoms with Crippen LogP contribution in [0.3, 0.4) is 0 Å². The molecule has 0 saturated heterocycles. The van der Waals surface area contributed by atoms with Gasteiger partial charge in [-0.1, -0.05) is 73.5 Å². The van der Waals surface area contributed by atoms with Gasteiger partial charge in [0.05, 0.1) is 0 Å². The van der Waals surface area contributed by atoms with Crippen LogP contribution < -0.4 is 0 Å². The number of carbonyl (C=O) groups excluding carboxylic acids is 2. The van der Waals surface area contributed by atoms with Crippen molar-refractivity contribution in [3.8, 4) is 0 Å². The SMILES string of the molecule is O=C(C[C@@H]1CCCC[C@H]1C(=O)c1ccccc1)c1ccccc1. The van der Waals surface area contributed by atoms with Gasteiger partial charge in [0.25, 0.3) is 0 Å². The minimum Gasteiger partial charge on any atom is -0.294 e. The molecule has 3 rings (SSSR count). The average molecular weight is 306 g/mol. The van der Waals surface area contributed by atoms with Crippen LogP contribution in [-0.4, -0.2) is 11.6 Å². The largest absolute Gasteiger partial charge is 0.294 e. The molecule has 2 nitrogen and oxygen atoms in total. The second kappa shape index (κ2) is 7.36. The van der Waals surface area contributed by atoms with Crippen molar-refractivity contribution in [2.75, 3.05) is 0 Å². The van der Waals surface area contributed by atoms with E-state index in [1.54, 1.807) is 0 Å². The van der Waals surface area contributed by atoms with Crippen LogP contribution in [0.5, 0.6) is 0 Å². The predicted octanol–water partition coefficient (Wildman–Crippen LogP) is 4.95. The maximum Gasteiger partial charge on any atom is 0.166 e. The van der Waals surface area contributed by atoms with Crippen LogP contribution in [0.2, 0.25) is 0 Å². The molecule has 0 unspecified atom stereocenters. The summed E-state index contributed by atoms with van der Waals surface area (Å²) in [6, 6.07) is 18.9. The van der Waals surface area contributed by atoms with Crippen molar-refractivity contribution in [2.45, 2.75) is 32.1 Å². The molecule has 0 aromatic heterocycles. The average Bonchev–Trinajstić information content (AvgIpc) is 2.63. The van der Waals surface area contributed by atoms with Gasteiger partial charge in [-0.2, -0.15) is 0 Å². The summed E-state index contributed by atoms with van der Waals surface area (Å²) in [6.45, 7) is 0. The number of ketones is 2. The number of carbonyl (C=O) groups is 2. The smallest absolute Gasteiger partial charge is 0.166 e. The zero-order chi connectivity index (χ0) is 16.1. The molecule has 2 heteroatoms. The van der Waals surface area contributed by atoms with Crippen molar-refractivity contribution >= 4 is 11.6 Å². The third kappa shape index (κ3) is 3.76. The first-order chi connectivity index (χ1) is 11.3. The number of hydrogen-bond donors (Lipinski definition) is 0. The number of hydrogen-bond acceptors (Lipinski definition) is 2. The standard InChI is InChI=1S/C21H22O2/c22-20(16-9-3-1-4-10-16)15-18-13-7-8-14-19(18)21(23)17-11-5-2-6-12-17/h1-6,9-12,18-19H,7-8,13-15H2/t18-,19+/m0/s1. The molecule has 0 amide bonds. The van der Waals surface area contributed by atoms with Crippen LogP contribution in [0.15, 0.2) is 60.7 Å². The monoisotopic (exact) mass is 306 g/mol. The highest BCUT2D eigenvalue weighted by Gasteiger charge is 2.32. The Morgan fingerprint density at radius 2 is 1.35 bits per heavy atom. The zero-order valence-corrected chi connectivity index (χ0v) is 13.3. The molecule has 0 N–H and O–H groups in total. The van der Waals surface area contributed by atoms with E-state index in [0.717, 1.165) is 36.8 Å². The number of Topliss-reactive ketones (excluding diaryl/α,β-unsaturated/α-hetero) is 2. The van der Waals surface area contributed by atoms with Gasteiger partial charge in [0.2, 0.25) is 0 Å². The van der Waals surface area contributed by atoms with Gasteiger partial charge in [0.15, 0.2) is 11.6 Å². The summed E-state index contributed by atoms with van der Waals surface area (Å²) in [4.78, 5) is 25.3. The first-order valence-electron chi connectivity index (χ1n) is 8.43. The topological polar surface area (TPSA) is 34.1 Å². The van der Waals surface area contributed by atoms with E-state index in [-0.39, 0.29) is 23.4 Å². The first-order valence-corrected chi connectivity index (χ1v) is 8.43. The lowest BCUT2D eigenvalue weighted by Crippen LogP contribution is -2.29. The Labute approximate surface area is 137 Å². The minimum atomic E-state index is -0.0150. The van der Waals surface area contributed by atoms with Crippen molar-refractivity contribution in [3.05, 3.63) is 71.8 Å². The molecule has 23 heavy (non-hydrogen) atoms. The maximum atomic E-state index is 12.8. The van der Waals surface area contributed by atoms with Gasteiger partial charge in [-0.05, 0) is 18.8 Å². The molecule has 1 aliphatic rings. The van der Waals surface area contributed by atoms with Crippen LogP contribution in [0.1, 0.15) is 52.8 Å². The van der Waals surface area contributed by atoms with Gasteiger partial charge >= 0.3 is 0 Å². The third-order valence-electron chi connectivity index (χ3n) is 4.85. The second-order valence-electron chi connectivity index (χ2n) is 6.37. The molecule has 2 aromatic rings. The van der Waals surface area contributed by atoms with Gasteiger partial charge < -0.3 is 0 Å². The Balaban J connectivity index is 1.74. The van der Waals surface area contributed by atoms with E-state index in [4.69, 9.17) is 0 Å². The molecular weight excluding hydrogens is 284 g/mol. The van der Waals surface area contributed by atoms with E-state index in [1.165, 1.54) is 0 Å². The lowest BCUT2D eigenvalue weighted by atomic mass is 9.73. The first kappa shape index (κ1) is 15.7. The highest BCUT2D eigenvalue weighted by molar-refractivity contribution is 5.99. The molecule has 0 radical (unpaired) electrons. The predicted molar refractivity (Wildman–Crippen MR) is 91.6 cm³/mol. The van der Waals surface area contributed by atoms with Crippen LogP contribution in [0.4, 0.5) is 0 Å². The van der Waals surface area contributed by atoms with Crippen LogP contribution in [-0.2, 0) is 0 Å². The van der Waals surface area contributed by atoms with Gasteiger partial charge in [-0.3, -0.25) is 9.59 Å². The summed E-state index contributed by atoms with van der Waals surface area (Å²) in [6.07, 6.45) is 4.56. The van der Waals surface area contributed by atoms with Gasteiger partial charge in [-0.15, -0.1) is 0 Å². The summed E-state index contributed by atoms with van der Waals surface area (Å²) in [5.41, 5.74) is 1.53. The molecule has 2 atom stereocenters. The fourth-order valence-corrected chi connectivity index (χ4v) is 3.59. The quantitative estimate of drug-likeness (QED) is 0.732. The van der Waals surface area contributed by atoms with Crippen molar-refractivity contribution in [3.63, 3.8) is 0 Å². The zero-order valence-electron chi connectivity index (χ0n) is 13.3. The van der Waals surface area contributed by atoms with Crippen molar-refractivity contribution < 1.29 is 9.59 Å². The van der Waals surface area contributed by atoms with Crippen molar-refractivity contribution in [1.82, 2.24) is 0 Å². The molecule has 0 heterocycles. The van der Waals surface area contributed by atoms with Crippen LogP contribution in [0, 0.1) is 11.8 Å². The van der Waals surface area contributed by atoms with Gasteiger partial charge in [-0.25, -0.2) is 0 Å². The van der Waals surface area contributed by atoms with Crippen molar-refractivity contribution in [2.24, 2.45) is 11.8 Å². The normalized spacial score (nSPS) is 20.9. The van der Waals surface area contributed by atoms with Crippen LogP contribution >= 0.6 is 0 Å². The number of benzene rings is 2.